The summed E-state index contributed by atoms with van der Waals surface area (Å²) in [4.78, 5) is 16.8. The van der Waals surface area contributed by atoms with Gasteiger partial charge in [-0.15, -0.1) is 15.3 Å². The molecule has 9 heteroatoms. The van der Waals surface area contributed by atoms with Crippen LogP contribution >= 0.6 is 0 Å². The van der Waals surface area contributed by atoms with Crippen molar-refractivity contribution in [2.75, 3.05) is 31.7 Å². The number of carbonyl (C=O) groups is 1. The first-order chi connectivity index (χ1) is 13.7. The van der Waals surface area contributed by atoms with Crippen molar-refractivity contribution in [3.8, 4) is 11.5 Å². The van der Waals surface area contributed by atoms with Gasteiger partial charge in [0.25, 0.3) is 5.91 Å². The molecule has 1 amide bonds. The fraction of sp³-hybridized carbons (Fsp3) is 0.368. The molecule has 28 heavy (non-hydrogen) atoms. The number of piperazine rings is 1. The quantitative estimate of drug-likeness (QED) is 0.653. The van der Waals surface area contributed by atoms with Crippen LogP contribution in [0.25, 0.3) is 5.65 Å². The van der Waals surface area contributed by atoms with E-state index in [0.717, 1.165) is 31.0 Å². The Balaban J connectivity index is 1.21. The molecule has 3 fully saturated rings. The molecule has 0 radical (unpaired) electrons. The average molecular weight is 380 g/mol. The molecule has 0 spiro atoms. The van der Waals surface area contributed by atoms with Gasteiger partial charge >= 0.3 is 0 Å². The Morgan fingerprint density at radius 2 is 2.00 bits per heavy atom. The van der Waals surface area contributed by atoms with Crippen LogP contribution in [-0.4, -0.2) is 69.5 Å². The molecule has 144 valence electrons. The van der Waals surface area contributed by atoms with E-state index in [1.807, 2.05) is 35.2 Å². The Hall–Kier alpha value is -3.36. The molecule has 0 aliphatic carbocycles. The highest BCUT2D eigenvalue weighted by molar-refractivity contribution is 5.80. The number of carbonyl (C=O) groups excluding carboxylic acids is 1. The van der Waals surface area contributed by atoms with Gasteiger partial charge in [0, 0.05) is 19.2 Å². The largest absolute Gasteiger partial charge is 0.497 e. The van der Waals surface area contributed by atoms with Crippen molar-refractivity contribution >= 4 is 17.4 Å². The zero-order valence-corrected chi connectivity index (χ0v) is 15.4. The van der Waals surface area contributed by atoms with Gasteiger partial charge in [-0.1, -0.05) is 6.07 Å². The van der Waals surface area contributed by atoms with Gasteiger partial charge in [-0.05, 0) is 30.7 Å². The number of aromatic nitrogens is 4. The molecular weight excluding hydrogens is 360 g/mol. The molecule has 9 nitrogen and oxygen atoms in total. The second kappa shape index (κ2) is 6.66. The lowest BCUT2D eigenvalue weighted by Crippen LogP contribution is -2.71. The summed E-state index contributed by atoms with van der Waals surface area (Å²) < 4.78 is 12.5. The second-order valence-electron chi connectivity index (χ2n) is 7.04. The lowest BCUT2D eigenvalue weighted by Gasteiger charge is -2.56. The number of amides is 1. The Kier molecular flexibility index (Phi) is 4.00. The van der Waals surface area contributed by atoms with Crippen LogP contribution in [0.1, 0.15) is 6.42 Å². The monoisotopic (exact) mass is 380 g/mol. The summed E-state index contributed by atoms with van der Waals surface area (Å²) in [6.07, 6.45) is 2.62. The third-order valence-corrected chi connectivity index (χ3v) is 5.36. The fourth-order valence-electron chi connectivity index (χ4n) is 4.00. The lowest BCUT2D eigenvalue weighted by atomic mass is 9.87. The Morgan fingerprint density at radius 1 is 1.18 bits per heavy atom. The van der Waals surface area contributed by atoms with E-state index in [4.69, 9.17) is 9.47 Å². The maximum absolute atomic E-state index is 12.7. The maximum atomic E-state index is 12.7. The zero-order chi connectivity index (χ0) is 19.1. The SMILES string of the molecule is COc1cccc(OCC(=O)N2C3CC2CN(c2ccc4nncn4n2)C3)c1. The van der Waals surface area contributed by atoms with E-state index in [-0.39, 0.29) is 24.6 Å². The molecule has 3 aliphatic rings. The molecular formula is C19H20N6O3. The molecule has 1 aromatic carbocycles. The minimum atomic E-state index is 0.0194. The van der Waals surface area contributed by atoms with Crippen LogP contribution < -0.4 is 14.4 Å². The van der Waals surface area contributed by atoms with Gasteiger partial charge in [0.05, 0.1) is 19.2 Å². The molecule has 3 saturated heterocycles. The number of ether oxygens (including phenoxy) is 2. The minimum absolute atomic E-state index is 0.0194. The number of piperidine rings is 1. The van der Waals surface area contributed by atoms with Crippen LogP contribution in [0.3, 0.4) is 0 Å². The molecule has 5 heterocycles. The normalized spacial score (nSPS) is 20.8. The molecule has 2 atom stereocenters. The molecule has 0 N–H and O–H groups in total. The fourth-order valence-corrected chi connectivity index (χ4v) is 4.00. The smallest absolute Gasteiger partial charge is 0.261 e. The van der Waals surface area contributed by atoms with E-state index in [9.17, 15) is 4.79 Å². The Morgan fingerprint density at radius 3 is 2.82 bits per heavy atom. The summed E-state index contributed by atoms with van der Waals surface area (Å²) in [5, 5.41) is 12.4. The first-order valence-electron chi connectivity index (χ1n) is 9.21. The number of anilines is 1. The molecule has 3 aliphatic heterocycles. The highest BCUT2D eigenvalue weighted by atomic mass is 16.5. The lowest BCUT2D eigenvalue weighted by molar-refractivity contribution is -0.148. The molecule has 2 bridgehead atoms. The van der Waals surface area contributed by atoms with Crippen molar-refractivity contribution in [3.05, 3.63) is 42.7 Å². The van der Waals surface area contributed by atoms with Crippen molar-refractivity contribution in [2.45, 2.75) is 18.5 Å². The number of rotatable bonds is 5. The van der Waals surface area contributed by atoms with Crippen LogP contribution in [0.15, 0.2) is 42.7 Å². The van der Waals surface area contributed by atoms with E-state index in [0.29, 0.717) is 11.5 Å². The van der Waals surface area contributed by atoms with Crippen LogP contribution in [-0.2, 0) is 4.79 Å². The minimum Gasteiger partial charge on any atom is -0.497 e. The highest BCUT2D eigenvalue weighted by Crippen LogP contribution is 2.34. The summed E-state index contributed by atoms with van der Waals surface area (Å²) in [6.45, 7) is 1.56. The summed E-state index contributed by atoms with van der Waals surface area (Å²) in [7, 11) is 1.60. The van der Waals surface area contributed by atoms with E-state index in [2.05, 4.69) is 20.2 Å². The van der Waals surface area contributed by atoms with E-state index in [1.165, 1.54) is 0 Å². The summed E-state index contributed by atoms with van der Waals surface area (Å²) in [5.74, 6) is 2.23. The molecule has 2 aromatic heterocycles. The topological polar surface area (TPSA) is 85.1 Å². The first kappa shape index (κ1) is 16.8. The molecule has 6 rings (SSSR count). The third-order valence-electron chi connectivity index (χ3n) is 5.36. The van der Waals surface area contributed by atoms with Crippen molar-refractivity contribution in [2.24, 2.45) is 0 Å². The highest BCUT2D eigenvalue weighted by Gasteiger charge is 2.47. The van der Waals surface area contributed by atoms with Gasteiger partial charge in [-0.2, -0.15) is 4.52 Å². The van der Waals surface area contributed by atoms with Crippen molar-refractivity contribution < 1.29 is 14.3 Å². The Labute approximate surface area is 161 Å². The van der Waals surface area contributed by atoms with Crippen LogP contribution in [0.5, 0.6) is 11.5 Å². The van der Waals surface area contributed by atoms with Crippen molar-refractivity contribution in [1.82, 2.24) is 24.7 Å². The Bertz CT molecular complexity index is 1010. The van der Waals surface area contributed by atoms with Crippen LogP contribution in [0.2, 0.25) is 0 Å². The summed E-state index contributed by atoms with van der Waals surface area (Å²) >= 11 is 0. The number of methoxy groups -OCH3 is 1. The van der Waals surface area contributed by atoms with Crippen molar-refractivity contribution in [1.29, 1.82) is 0 Å². The van der Waals surface area contributed by atoms with Gasteiger partial charge in [0.1, 0.15) is 23.6 Å². The van der Waals surface area contributed by atoms with Gasteiger partial charge in [0.15, 0.2) is 12.3 Å². The van der Waals surface area contributed by atoms with Gasteiger partial charge in [-0.3, -0.25) is 4.79 Å². The van der Waals surface area contributed by atoms with E-state index >= 15 is 0 Å². The number of hydrogen-bond acceptors (Lipinski definition) is 7. The number of fused-ring (bicyclic) bond motifs is 3. The summed E-state index contributed by atoms with van der Waals surface area (Å²) in [5.41, 5.74) is 0.720. The molecule has 0 saturated carbocycles. The maximum Gasteiger partial charge on any atom is 0.261 e. The van der Waals surface area contributed by atoms with Gasteiger partial charge < -0.3 is 19.3 Å². The van der Waals surface area contributed by atoms with E-state index < -0.39 is 0 Å². The number of hydrogen-bond donors (Lipinski definition) is 0. The molecule has 3 aromatic rings. The third kappa shape index (κ3) is 2.88. The van der Waals surface area contributed by atoms with Gasteiger partial charge in [-0.25, -0.2) is 0 Å². The predicted octanol–water partition coefficient (Wildman–Crippen LogP) is 1.00. The van der Waals surface area contributed by atoms with E-state index in [1.54, 1.807) is 24.0 Å². The standard InChI is InChI=1S/C19H20N6O3/c1-27-15-3-2-4-16(8-15)28-11-19(26)25-13-7-14(25)10-23(9-13)18-6-5-17-21-20-12-24(17)22-18/h2-6,8,12-14H,7,9-11H2,1H3. The average Bonchev–Trinajstić information content (AvgIpc) is 3.20. The number of benzene rings is 1. The molecule has 2 unspecified atom stereocenters. The predicted molar refractivity (Wildman–Crippen MR) is 101 cm³/mol. The van der Waals surface area contributed by atoms with Crippen molar-refractivity contribution in [3.63, 3.8) is 0 Å². The van der Waals surface area contributed by atoms with Crippen LogP contribution in [0.4, 0.5) is 5.82 Å². The van der Waals surface area contributed by atoms with Gasteiger partial charge in [0.2, 0.25) is 0 Å². The first-order valence-corrected chi connectivity index (χ1v) is 9.21. The second-order valence-corrected chi connectivity index (χ2v) is 7.04. The van der Waals surface area contributed by atoms with Crippen LogP contribution in [0, 0.1) is 0 Å². The number of nitrogens with zero attached hydrogens (tertiary/aromatic N) is 6. The zero-order valence-electron chi connectivity index (χ0n) is 15.4. The summed E-state index contributed by atoms with van der Waals surface area (Å²) in [6, 6.07) is 11.5.